The first-order valence-corrected chi connectivity index (χ1v) is 11.0. The molecule has 4 rings (SSSR count). The van der Waals surface area contributed by atoms with Gasteiger partial charge in [-0.3, -0.25) is 9.48 Å². The first-order chi connectivity index (χ1) is 12.9. The molecule has 2 fully saturated rings. The van der Waals surface area contributed by atoms with Crippen LogP contribution in [-0.4, -0.2) is 54.7 Å². The Hall–Kier alpha value is -1.50. The van der Waals surface area contributed by atoms with Gasteiger partial charge in [0.2, 0.25) is 0 Å². The zero-order chi connectivity index (χ0) is 20.2. The first kappa shape index (κ1) is 21.8. The Bertz CT molecular complexity index is 678. The number of carboxylic acids is 1. The molecule has 1 N–H and O–H groups in total. The van der Waals surface area contributed by atoms with Gasteiger partial charge in [0.25, 0.3) is 5.91 Å². The van der Waals surface area contributed by atoms with Crippen LogP contribution in [0.15, 0.2) is 0 Å². The minimum atomic E-state index is -1.05. The maximum atomic E-state index is 12.7. The summed E-state index contributed by atoms with van der Waals surface area (Å²) in [4.78, 5) is 25.9. The minimum Gasteiger partial charge on any atom is -0.476 e. The number of aromatic carboxylic acids is 1. The lowest BCUT2D eigenvalue weighted by molar-refractivity contribution is 0.0688. The lowest BCUT2D eigenvalue weighted by Gasteiger charge is -2.30. The third-order valence-electron chi connectivity index (χ3n) is 4.70. The van der Waals surface area contributed by atoms with Crippen molar-refractivity contribution in [2.45, 2.75) is 76.2 Å². The smallest absolute Gasteiger partial charge is 0.356 e. The molecule has 0 saturated heterocycles. The van der Waals surface area contributed by atoms with Gasteiger partial charge in [0.15, 0.2) is 5.69 Å². The Morgan fingerprint density at radius 3 is 2.37 bits per heavy atom. The third kappa shape index (κ3) is 5.06. The average Bonchev–Trinajstić information content (AvgIpc) is 3.56. The summed E-state index contributed by atoms with van der Waals surface area (Å²) in [5.41, 5.74) is 1.07. The Morgan fingerprint density at radius 2 is 1.89 bits per heavy atom. The van der Waals surface area contributed by atoms with Gasteiger partial charge in [-0.1, -0.05) is 34.1 Å². The molecule has 7 heteroatoms. The van der Waals surface area contributed by atoms with E-state index in [4.69, 9.17) is 0 Å². The largest absolute Gasteiger partial charge is 0.476 e. The van der Waals surface area contributed by atoms with E-state index in [-0.39, 0.29) is 16.3 Å². The van der Waals surface area contributed by atoms with E-state index in [2.05, 4.69) is 30.7 Å². The van der Waals surface area contributed by atoms with E-state index in [0.717, 1.165) is 11.8 Å². The number of aryl methyl sites for hydroxylation is 1. The van der Waals surface area contributed by atoms with E-state index in [9.17, 15) is 14.7 Å². The Kier molecular flexibility index (Phi) is 7.37. The molecule has 0 atom stereocenters. The molecule has 0 unspecified atom stereocenters. The van der Waals surface area contributed by atoms with Gasteiger partial charge < -0.3 is 10.0 Å². The quantitative estimate of drug-likeness (QED) is 0.816. The summed E-state index contributed by atoms with van der Waals surface area (Å²) >= 11 is 2.06. The standard InChI is InChI=1S/C15H19N3O3S.C3H8.C2H6/c1-17-12-10(11(16-17)14(20)21)4-7-18(13(12)19)8-15(5-6-15)22-9-2-3-9;1-3-2;1-2/h9H,2-8H2,1H3,(H,20,21);3H2,1-2H3;1-2H3. The van der Waals surface area contributed by atoms with Gasteiger partial charge in [0.1, 0.15) is 5.69 Å². The summed E-state index contributed by atoms with van der Waals surface area (Å²) in [5, 5.41) is 14.0. The van der Waals surface area contributed by atoms with Crippen molar-refractivity contribution < 1.29 is 14.7 Å². The molecule has 27 heavy (non-hydrogen) atoms. The highest BCUT2D eigenvalue weighted by molar-refractivity contribution is 8.01. The van der Waals surface area contributed by atoms with Crippen LogP contribution in [0.3, 0.4) is 0 Å². The molecule has 1 amide bonds. The van der Waals surface area contributed by atoms with E-state index in [1.165, 1.54) is 36.8 Å². The fourth-order valence-electron chi connectivity index (χ4n) is 3.23. The van der Waals surface area contributed by atoms with Gasteiger partial charge in [0, 0.05) is 35.7 Å². The average molecular weight is 396 g/mol. The van der Waals surface area contributed by atoms with Crippen molar-refractivity contribution in [3.05, 3.63) is 17.0 Å². The van der Waals surface area contributed by atoms with Crippen LogP contribution in [0.1, 0.15) is 86.3 Å². The zero-order valence-electron chi connectivity index (χ0n) is 17.2. The topological polar surface area (TPSA) is 75.4 Å². The Morgan fingerprint density at radius 1 is 1.30 bits per heavy atom. The van der Waals surface area contributed by atoms with Crippen LogP contribution >= 0.6 is 11.8 Å². The molecule has 1 aromatic rings. The highest BCUT2D eigenvalue weighted by atomic mass is 32.2. The molecule has 0 spiro atoms. The van der Waals surface area contributed by atoms with Crippen LogP contribution in [0.5, 0.6) is 0 Å². The molecular weight excluding hydrogens is 362 g/mol. The second-order valence-corrected chi connectivity index (χ2v) is 9.06. The first-order valence-electron chi connectivity index (χ1n) is 10.2. The van der Waals surface area contributed by atoms with Crippen molar-refractivity contribution in [1.29, 1.82) is 0 Å². The number of carbonyl (C=O) groups is 2. The van der Waals surface area contributed by atoms with Gasteiger partial charge in [-0.2, -0.15) is 5.10 Å². The van der Waals surface area contributed by atoms with Crippen molar-refractivity contribution in [2.75, 3.05) is 13.1 Å². The minimum absolute atomic E-state index is 0.0268. The fraction of sp³-hybridized carbons (Fsp3) is 0.750. The fourth-order valence-corrected chi connectivity index (χ4v) is 4.88. The van der Waals surface area contributed by atoms with Crippen molar-refractivity contribution in [2.24, 2.45) is 7.05 Å². The van der Waals surface area contributed by atoms with E-state index in [1.54, 1.807) is 7.05 Å². The number of fused-ring (bicyclic) bond motifs is 1. The van der Waals surface area contributed by atoms with Gasteiger partial charge >= 0.3 is 5.97 Å². The molecule has 0 bridgehead atoms. The Labute approximate surface area is 166 Å². The lowest BCUT2D eigenvalue weighted by atomic mass is 10.0. The Balaban J connectivity index is 0.000000478. The van der Waals surface area contributed by atoms with Gasteiger partial charge in [-0.25, -0.2) is 4.79 Å². The van der Waals surface area contributed by atoms with E-state index >= 15 is 0 Å². The molecule has 3 aliphatic rings. The third-order valence-corrected chi connectivity index (χ3v) is 6.54. The van der Waals surface area contributed by atoms with E-state index in [0.29, 0.717) is 24.2 Å². The number of amides is 1. The summed E-state index contributed by atoms with van der Waals surface area (Å²) in [7, 11) is 1.65. The number of carbonyl (C=O) groups excluding carboxylic acids is 1. The van der Waals surface area contributed by atoms with Crippen LogP contribution in [0.2, 0.25) is 0 Å². The summed E-state index contributed by atoms with van der Waals surface area (Å²) in [6, 6.07) is 0. The second-order valence-electron chi connectivity index (χ2n) is 7.29. The monoisotopic (exact) mass is 395 g/mol. The van der Waals surface area contributed by atoms with Crippen LogP contribution in [0.25, 0.3) is 0 Å². The summed E-state index contributed by atoms with van der Waals surface area (Å²) in [5.74, 6) is -1.12. The lowest BCUT2D eigenvalue weighted by Crippen LogP contribution is -2.43. The molecule has 2 aliphatic carbocycles. The van der Waals surface area contributed by atoms with Gasteiger partial charge in [-0.15, -0.1) is 11.8 Å². The van der Waals surface area contributed by atoms with E-state index < -0.39 is 5.97 Å². The molecule has 1 aromatic heterocycles. The number of hydrogen-bond donors (Lipinski definition) is 1. The number of thioether (sulfide) groups is 1. The van der Waals surface area contributed by atoms with Crippen LogP contribution in [-0.2, 0) is 13.5 Å². The molecule has 0 aromatic carbocycles. The summed E-state index contributed by atoms with van der Waals surface area (Å²) < 4.78 is 1.70. The molecule has 2 saturated carbocycles. The molecule has 6 nitrogen and oxygen atoms in total. The summed E-state index contributed by atoms with van der Waals surface area (Å²) in [6.45, 7) is 9.64. The van der Waals surface area contributed by atoms with Crippen LogP contribution in [0.4, 0.5) is 0 Å². The number of nitrogens with zero attached hydrogens (tertiary/aromatic N) is 3. The number of aromatic nitrogens is 2. The molecule has 152 valence electrons. The molecule has 1 aliphatic heterocycles. The van der Waals surface area contributed by atoms with Crippen molar-refractivity contribution >= 4 is 23.6 Å². The van der Waals surface area contributed by atoms with Crippen molar-refractivity contribution in [3.8, 4) is 0 Å². The maximum Gasteiger partial charge on any atom is 0.356 e. The second kappa shape index (κ2) is 9.13. The van der Waals surface area contributed by atoms with E-state index in [1.807, 2.05) is 18.7 Å². The highest BCUT2D eigenvalue weighted by Gasteiger charge is 2.49. The number of carboxylic acid groups (broad SMARTS) is 1. The van der Waals surface area contributed by atoms with Gasteiger partial charge in [0.05, 0.1) is 0 Å². The van der Waals surface area contributed by atoms with Crippen LogP contribution in [0, 0.1) is 0 Å². The zero-order valence-corrected chi connectivity index (χ0v) is 18.1. The molecular formula is C20H33N3O3S. The maximum absolute atomic E-state index is 12.7. The van der Waals surface area contributed by atoms with Crippen molar-refractivity contribution in [3.63, 3.8) is 0 Å². The van der Waals surface area contributed by atoms with Gasteiger partial charge in [-0.05, 0) is 32.1 Å². The predicted molar refractivity (Wildman–Crippen MR) is 110 cm³/mol. The number of rotatable bonds is 5. The normalized spacial score (nSPS) is 19.3. The molecule has 2 heterocycles. The highest BCUT2D eigenvalue weighted by Crippen LogP contribution is 2.55. The van der Waals surface area contributed by atoms with Crippen molar-refractivity contribution in [1.82, 2.24) is 14.7 Å². The SMILES string of the molecule is CC.CCC.Cn1nc(C(=O)O)c2c1C(=O)N(CC1(SC3CC3)CC1)CC2. The summed E-state index contributed by atoms with van der Waals surface area (Å²) in [6.07, 6.45) is 6.84. The van der Waals surface area contributed by atoms with Crippen LogP contribution < -0.4 is 0 Å². The molecule has 0 radical (unpaired) electrons. The predicted octanol–water partition coefficient (Wildman–Crippen LogP) is 3.99. The number of hydrogen-bond acceptors (Lipinski definition) is 4.